The first-order valence-electron chi connectivity index (χ1n) is 9.66. The first kappa shape index (κ1) is 20.0. The molecule has 9 heteroatoms. The first-order valence-corrected chi connectivity index (χ1v) is 10.9. The highest BCUT2D eigenvalue weighted by molar-refractivity contribution is 7.13. The van der Waals surface area contributed by atoms with Crippen molar-refractivity contribution in [2.75, 3.05) is 18.4 Å². The Hall–Kier alpha value is -2.29. The van der Waals surface area contributed by atoms with Gasteiger partial charge in [-0.15, -0.1) is 16.4 Å². The predicted octanol–water partition coefficient (Wildman–Crippen LogP) is 4.17. The lowest BCUT2D eigenvalue weighted by atomic mass is 10.0. The molecule has 3 heterocycles. The van der Waals surface area contributed by atoms with Crippen LogP contribution in [0.4, 0.5) is 5.13 Å². The molecule has 0 bridgehead atoms. The molecule has 4 rings (SSSR count). The van der Waals surface area contributed by atoms with Crippen LogP contribution in [0.1, 0.15) is 41.9 Å². The quantitative estimate of drug-likeness (QED) is 0.657. The highest BCUT2D eigenvalue weighted by atomic mass is 35.5. The summed E-state index contributed by atoms with van der Waals surface area (Å²) in [5, 5.41) is 10.2. The Balaban J connectivity index is 1.43. The summed E-state index contributed by atoms with van der Waals surface area (Å²) < 4.78 is 1.57. The standard InChI is InChI=1S/C20H23ClN6OS/c1-13-6-5-9-26(10-13)11-15-12-29-20(23-15)24-19(28)18-22-14(2)27(25-18)17-8-4-3-7-16(17)21/h3-4,7-8,12-13H,5-6,9-11H2,1-2H3,(H,23,24,28). The fourth-order valence-corrected chi connectivity index (χ4v) is 4.50. The van der Waals surface area contributed by atoms with Gasteiger partial charge in [0.1, 0.15) is 5.82 Å². The minimum Gasteiger partial charge on any atom is -0.297 e. The number of nitrogens with zero attached hydrogens (tertiary/aromatic N) is 5. The molecule has 1 aliphatic rings. The van der Waals surface area contributed by atoms with Crippen molar-refractivity contribution in [3.63, 3.8) is 0 Å². The second-order valence-electron chi connectivity index (χ2n) is 7.43. The van der Waals surface area contributed by atoms with Crippen LogP contribution in [-0.2, 0) is 6.54 Å². The number of anilines is 1. The van der Waals surface area contributed by atoms with Crippen molar-refractivity contribution < 1.29 is 4.79 Å². The molecule has 2 aromatic heterocycles. The third kappa shape index (κ3) is 4.66. The van der Waals surface area contributed by atoms with Gasteiger partial charge in [0.25, 0.3) is 5.91 Å². The molecule has 152 valence electrons. The van der Waals surface area contributed by atoms with Crippen molar-refractivity contribution in [3.05, 3.63) is 52.0 Å². The van der Waals surface area contributed by atoms with Gasteiger partial charge >= 0.3 is 0 Å². The van der Waals surface area contributed by atoms with Crippen molar-refractivity contribution in [2.45, 2.75) is 33.2 Å². The van der Waals surface area contributed by atoms with E-state index in [-0.39, 0.29) is 11.7 Å². The molecule has 1 N–H and O–H groups in total. The summed E-state index contributed by atoms with van der Waals surface area (Å²) in [4.78, 5) is 23.9. The number of piperidine rings is 1. The average Bonchev–Trinajstić information content (AvgIpc) is 3.28. The van der Waals surface area contributed by atoms with Crippen LogP contribution in [0.3, 0.4) is 0 Å². The van der Waals surface area contributed by atoms with E-state index >= 15 is 0 Å². The summed E-state index contributed by atoms with van der Waals surface area (Å²) in [7, 11) is 0. The van der Waals surface area contributed by atoms with Gasteiger partial charge in [0.15, 0.2) is 5.13 Å². The molecule has 1 unspecified atom stereocenters. The SMILES string of the molecule is Cc1nc(C(=O)Nc2nc(CN3CCCC(C)C3)cs2)nn1-c1ccccc1Cl. The molecule has 0 radical (unpaired) electrons. The molecule has 1 saturated heterocycles. The lowest BCUT2D eigenvalue weighted by molar-refractivity contribution is 0.101. The van der Waals surface area contributed by atoms with E-state index in [0.29, 0.717) is 21.7 Å². The number of nitrogens with one attached hydrogen (secondary N) is 1. The van der Waals surface area contributed by atoms with Gasteiger partial charge in [0.05, 0.1) is 16.4 Å². The predicted molar refractivity (Wildman–Crippen MR) is 115 cm³/mol. The molecule has 1 fully saturated rings. The van der Waals surface area contributed by atoms with Crippen LogP contribution in [0, 0.1) is 12.8 Å². The van der Waals surface area contributed by atoms with Gasteiger partial charge in [-0.1, -0.05) is 30.7 Å². The van der Waals surface area contributed by atoms with Crippen molar-refractivity contribution in [1.82, 2.24) is 24.6 Å². The van der Waals surface area contributed by atoms with Crippen LogP contribution in [-0.4, -0.2) is 43.6 Å². The van der Waals surface area contributed by atoms with E-state index in [1.165, 1.54) is 24.2 Å². The molecule has 29 heavy (non-hydrogen) atoms. The number of aromatic nitrogens is 4. The Labute approximate surface area is 178 Å². The number of amides is 1. The number of para-hydroxylation sites is 1. The van der Waals surface area contributed by atoms with Crippen molar-refractivity contribution in [2.24, 2.45) is 5.92 Å². The molecule has 0 spiro atoms. The smallest absolute Gasteiger partial charge is 0.297 e. The fourth-order valence-electron chi connectivity index (χ4n) is 3.59. The van der Waals surface area contributed by atoms with E-state index in [0.717, 1.165) is 31.2 Å². The summed E-state index contributed by atoms with van der Waals surface area (Å²) in [5.41, 5.74) is 1.66. The molecule has 3 aromatic rings. The number of carbonyl (C=O) groups excluding carboxylic acids is 1. The zero-order valence-corrected chi connectivity index (χ0v) is 18.0. The maximum atomic E-state index is 12.6. The van der Waals surface area contributed by atoms with E-state index in [2.05, 4.69) is 32.2 Å². The van der Waals surface area contributed by atoms with E-state index < -0.39 is 0 Å². The Bertz CT molecular complexity index is 1020. The molecule has 7 nitrogen and oxygen atoms in total. The maximum absolute atomic E-state index is 12.6. The van der Waals surface area contributed by atoms with Gasteiger partial charge in [-0.2, -0.15) is 0 Å². The summed E-state index contributed by atoms with van der Waals surface area (Å²) in [6.45, 7) is 7.09. The molecular formula is C20H23ClN6OS. The number of hydrogen-bond acceptors (Lipinski definition) is 6. The molecule has 1 amide bonds. The molecular weight excluding hydrogens is 408 g/mol. The normalized spacial score (nSPS) is 17.4. The molecule has 1 aromatic carbocycles. The van der Waals surface area contributed by atoms with Gasteiger partial charge in [0.2, 0.25) is 5.82 Å². The first-order chi connectivity index (χ1) is 14.0. The summed E-state index contributed by atoms with van der Waals surface area (Å²) in [5.74, 6) is 1.02. The van der Waals surface area contributed by atoms with Crippen LogP contribution >= 0.6 is 22.9 Å². The maximum Gasteiger partial charge on any atom is 0.297 e. The minimum atomic E-state index is -0.383. The number of thiazole rings is 1. The van der Waals surface area contributed by atoms with E-state index in [1.807, 2.05) is 23.6 Å². The van der Waals surface area contributed by atoms with Crippen molar-refractivity contribution in [3.8, 4) is 5.69 Å². The van der Waals surface area contributed by atoms with E-state index in [4.69, 9.17) is 11.6 Å². The van der Waals surface area contributed by atoms with Crippen molar-refractivity contribution in [1.29, 1.82) is 0 Å². The van der Waals surface area contributed by atoms with Gasteiger partial charge < -0.3 is 0 Å². The third-order valence-electron chi connectivity index (χ3n) is 4.95. The second kappa shape index (κ2) is 8.61. The van der Waals surface area contributed by atoms with E-state index in [9.17, 15) is 4.79 Å². The number of hydrogen-bond donors (Lipinski definition) is 1. The number of rotatable bonds is 5. The zero-order valence-electron chi connectivity index (χ0n) is 16.4. The number of halogens is 1. The lowest BCUT2D eigenvalue weighted by Crippen LogP contribution is -2.33. The van der Waals surface area contributed by atoms with Crippen LogP contribution in [0.5, 0.6) is 0 Å². The lowest BCUT2D eigenvalue weighted by Gasteiger charge is -2.30. The Morgan fingerprint density at radius 1 is 1.34 bits per heavy atom. The molecule has 1 atom stereocenters. The Kier molecular flexibility index (Phi) is 5.94. The van der Waals surface area contributed by atoms with Gasteiger partial charge in [-0.05, 0) is 44.4 Å². The largest absolute Gasteiger partial charge is 0.297 e. The Morgan fingerprint density at radius 2 is 2.17 bits per heavy atom. The van der Waals surface area contributed by atoms with Crippen LogP contribution in [0.25, 0.3) is 5.69 Å². The van der Waals surface area contributed by atoms with Gasteiger partial charge in [-0.25, -0.2) is 14.6 Å². The second-order valence-corrected chi connectivity index (χ2v) is 8.69. The van der Waals surface area contributed by atoms with Gasteiger partial charge in [0, 0.05) is 18.5 Å². The van der Waals surface area contributed by atoms with E-state index in [1.54, 1.807) is 17.7 Å². The van der Waals surface area contributed by atoms with Crippen LogP contribution < -0.4 is 5.32 Å². The van der Waals surface area contributed by atoms with Gasteiger partial charge in [-0.3, -0.25) is 15.0 Å². The monoisotopic (exact) mass is 430 g/mol. The van der Waals surface area contributed by atoms with Crippen LogP contribution in [0.15, 0.2) is 29.6 Å². The zero-order chi connectivity index (χ0) is 20.4. The number of likely N-dealkylation sites (tertiary alicyclic amines) is 1. The fraction of sp³-hybridized carbons (Fsp3) is 0.400. The number of carbonyl (C=O) groups is 1. The van der Waals surface area contributed by atoms with Crippen LogP contribution in [0.2, 0.25) is 5.02 Å². The summed E-state index contributed by atoms with van der Waals surface area (Å²) >= 11 is 7.66. The highest BCUT2D eigenvalue weighted by Gasteiger charge is 2.20. The molecule has 0 saturated carbocycles. The minimum absolute atomic E-state index is 0.0871. The molecule has 0 aliphatic carbocycles. The van der Waals surface area contributed by atoms with Crippen molar-refractivity contribution >= 4 is 34.0 Å². The number of aryl methyl sites for hydroxylation is 1. The number of benzene rings is 1. The third-order valence-corrected chi connectivity index (χ3v) is 6.08. The summed E-state index contributed by atoms with van der Waals surface area (Å²) in [6, 6.07) is 7.32. The highest BCUT2D eigenvalue weighted by Crippen LogP contribution is 2.22. The Morgan fingerprint density at radius 3 is 2.97 bits per heavy atom. The average molecular weight is 431 g/mol. The summed E-state index contributed by atoms with van der Waals surface area (Å²) in [6.07, 6.45) is 2.52. The topological polar surface area (TPSA) is 75.9 Å². The molecule has 1 aliphatic heterocycles.